The first-order valence-electron chi connectivity index (χ1n) is 11.2. The predicted molar refractivity (Wildman–Crippen MR) is 125 cm³/mol. The zero-order valence-corrected chi connectivity index (χ0v) is 18.6. The van der Waals surface area contributed by atoms with Crippen LogP contribution in [0.5, 0.6) is 5.75 Å². The summed E-state index contributed by atoms with van der Waals surface area (Å²) < 4.78 is 13.0. The van der Waals surface area contributed by atoms with Crippen LogP contribution in [0.25, 0.3) is 0 Å². The summed E-state index contributed by atoms with van der Waals surface area (Å²) in [6.07, 6.45) is 0. The molecule has 33 heavy (non-hydrogen) atoms. The Morgan fingerprint density at radius 3 is 1.91 bits per heavy atom. The lowest BCUT2D eigenvalue weighted by Crippen LogP contribution is -2.41. The molecule has 0 saturated carbocycles. The number of methoxy groups -OCH3 is 1. The lowest BCUT2D eigenvalue weighted by atomic mass is 9.97. The van der Waals surface area contributed by atoms with Gasteiger partial charge in [0, 0.05) is 13.1 Å². The number of tetrazole rings is 1. The molecular weight excluding hydrogens is 414 g/mol. The molecule has 1 atom stereocenters. The van der Waals surface area contributed by atoms with Crippen LogP contribution < -0.4 is 4.74 Å². The van der Waals surface area contributed by atoms with Gasteiger partial charge in [0.25, 0.3) is 0 Å². The molecule has 1 aliphatic rings. The van der Waals surface area contributed by atoms with E-state index in [0.29, 0.717) is 13.2 Å². The number of aromatic nitrogens is 4. The lowest BCUT2D eigenvalue weighted by Gasteiger charge is -2.34. The van der Waals surface area contributed by atoms with Crippen molar-refractivity contribution >= 4 is 0 Å². The van der Waals surface area contributed by atoms with E-state index in [0.717, 1.165) is 41.4 Å². The van der Waals surface area contributed by atoms with Crippen LogP contribution in [0, 0.1) is 0 Å². The van der Waals surface area contributed by atoms with Gasteiger partial charge in [0.1, 0.15) is 11.8 Å². The molecule has 0 N–H and O–H groups in total. The van der Waals surface area contributed by atoms with Crippen molar-refractivity contribution in [2.75, 3.05) is 33.4 Å². The van der Waals surface area contributed by atoms with Crippen molar-refractivity contribution in [3.05, 3.63) is 107 Å². The Kier molecular flexibility index (Phi) is 6.41. The number of benzene rings is 3. The number of nitrogens with zero attached hydrogens (tertiary/aromatic N) is 5. The zero-order chi connectivity index (χ0) is 22.5. The largest absolute Gasteiger partial charge is 0.497 e. The van der Waals surface area contributed by atoms with Crippen LogP contribution in [-0.4, -0.2) is 58.5 Å². The van der Waals surface area contributed by atoms with E-state index < -0.39 is 0 Å². The average molecular weight is 442 g/mol. The Labute approximate surface area is 193 Å². The Hall–Kier alpha value is -3.55. The van der Waals surface area contributed by atoms with Crippen LogP contribution in [0.15, 0.2) is 84.9 Å². The van der Waals surface area contributed by atoms with Gasteiger partial charge in [-0.1, -0.05) is 72.8 Å². The fourth-order valence-corrected chi connectivity index (χ4v) is 4.46. The normalized spacial score (nSPS) is 15.5. The minimum Gasteiger partial charge on any atom is -0.497 e. The SMILES string of the molecule is COc1ccc(C(c2nnnn2C(c2ccccc2)c2ccccc2)N2CCOCC2)cc1. The van der Waals surface area contributed by atoms with Crippen molar-refractivity contribution < 1.29 is 9.47 Å². The van der Waals surface area contributed by atoms with Crippen molar-refractivity contribution in [1.82, 2.24) is 25.1 Å². The highest BCUT2D eigenvalue weighted by molar-refractivity contribution is 5.35. The van der Waals surface area contributed by atoms with Crippen LogP contribution in [0.3, 0.4) is 0 Å². The first-order chi connectivity index (χ1) is 16.3. The number of ether oxygens (including phenoxy) is 2. The van der Waals surface area contributed by atoms with Gasteiger partial charge in [0.15, 0.2) is 5.82 Å². The van der Waals surface area contributed by atoms with Crippen molar-refractivity contribution in [3.8, 4) is 5.75 Å². The molecule has 0 aliphatic carbocycles. The summed E-state index contributed by atoms with van der Waals surface area (Å²) in [6.45, 7) is 3.00. The molecule has 1 saturated heterocycles. The van der Waals surface area contributed by atoms with E-state index in [2.05, 4.69) is 81.1 Å². The van der Waals surface area contributed by atoms with E-state index in [9.17, 15) is 0 Å². The molecule has 1 fully saturated rings. The minimum atomic E-state index is -0.140. The number of morpholine rings is 1. The molecule has 1 aliphatic heterocycles. The van der Waals surface area contributed by atoms with Crippen molar-refractivity contribution in [3.63, 3.8) is 0 Å². The van der Waals surface area contributed by atoms with Gasteiger partial charge in [-0.2, -0.15) is 0 Å². The summed E-state index contributed by atoms with van der Waals surface area (Å²) in [7, 11) is 1.68. The maximum Gasteiger partial charge on any atom is 0.174 e. The molecule has 5 rings (SSSR count). The lowest BCUT2D eigenvalue weighted by molar-refractivity contribution is 0.0215. The fourth-order valence-electron chi connectivity index (χ4n) is 4.46. The topological polar surface area (TPSA) is 65.3 Å². The van der Waals surface area contributed by atoms with Gasteiger partial charge in [0.05, 0.1) is 26.4 Å². The summed E-state index contributed by atoms with van der Waals surface area (Å²) in [5, 5.41) is 13.2. The van der Waals surface area contributed by atoms with Gasteiger partial charge >= 0.3 is 0 Å². The minimum absolute atomic E-state index is 0.107. The number of hydrogen-bond acceptors (Lipinski definition) is 6. The van der Waals surface area contributed by atoms with Crippen LogP contribution in [0.1, 0.15) is 34.6 Å². The summed E-state index contributed by atoms with van der Waals surface area (Å²) in [4.78, 5) is 2.39. The van der Waals surface area contributed by atoms with Gasteiger partial charge in [-0.15, -0.1) is 5.10 Å². The van der Waals surface area contributed by atoms with E-state index >= 15 is 0 Å². The fraction of sp³-hybridized carbons (Fsp3) is 0.269. The Morgan fingerprint density at radius 2 is 1.33 bits per heavy atom. The summed E-state index contributed by atoms with van der Waals surface area (Å²) >= 11 is 0. The van der Waals surface area contributed by atoms with Crippen molar-refractivity contribution in [2.45, 2.75) is 12.1 Å². The van der Waals surface area contributed by atoms with Crippen molar-refractivity contribution in [2.24, 2.45) is 0 Å². The number of hydrogen-bond donors (Lipinski definition) is 0. The van der Waals surface area contributed by atoms with E-state index in [1.165, 1.54) is 0 Å². The van der Waals surface area contributed by atoms with E-state index in [1.54, 1.807) is 7.11 Å². The highest BCUT2D eigenvalue weighted by Crippen LogP contribution is 2.33. The number of rotatable bonds is 7. The van der Waals surface area contributed by atoms with Gasteiger partial charge in [-0.3, -0.25) is 4.90 Å². The molecule has 2 heterocycles. The molecule has 1 unspecified atom stereocenters. The van der Waals surface area contributed by atoms with Gasteiger partial charge in [0.2, 0.25) is 0 Å². The Balaban J connectivity index is 1.63. The summed E-state index contributed by atoms with van der Waals surface area (Å²) in [5.74, 6) is 1.63. The molecule has 4 aromatic rings. The molecular formula is C26H27N5O2. The predicted octanol–water partition coefficient (Wildman–Crippen LogP) is 3.74. The molecule has 7 heteroatoms. The average Bonchev–Trinajstić information content (AvgIpc) is 3.35. The van der Waals surface area contributed by atoms with Crippen LogP contribution in [0.4, 0.5) is 0 Å². The van der Waals surface area contributed by atoms with Crippen LogP contribution >= 0.6 is 0 Å². The molecule has 3 aromatic carbocycles. The van der Waals surface area contributed by atoms with Gasteiger partial charge < -0.3 is 9.47 Å². The molecule has 7 nitrogen and oxygen atoms in total. The monoisotopic (exact) mass is 441 g/mol. The highest BCUT2D eigenvalue weighted by atomic mass is 16.5. The van der Waals surface area contributed by atoms with Crippen molar-refractivity contribution in [1.29, 1.82) is 0 Å². The maximum absolute atomic E-state index is 5.64. The second-order valence-corrected chi connectivity index (χ2v) is 8.03. The first-order valence-corrected chi connectivity index (χ1v) is 11.2. The Morgan fingerprint density at radius 1 is 0.758 bits per heavy atom. The first kappa shape index (κ1) is 21.3. The molecule has 168 valence electrons. The second kappa shape index (κ2) is 9.94. The molecule has 0 radical (unpaired) electrons. The summed E-state index contributed by atoms with van der Waals surface area (Å²) in [5.41, 5.74) is 3.38. The van der Waals surface area contributed by atoms with Gasteiger partial charge in [-0.25, -0.2) is 4.68 Å². The third-order valence-corrected chi connectivity index (χ3v) is 6.08. The van der Waals surface area contributed by atoms with E-state index in [1.807, 2.05) is 28.9 Å². The standard InChI is InChI=1S/C26H27N5O2/c1-32-23-14-12-22(13-15-23)25(30-16-18-33-19-17-30)26-27-28-29-31(26)24(20-8-4-2-5-9-20)21-10-6-3-7-11-21/h2-15,24-25H,16-19H2,1H3. The highest BCUT2D eigenvalue weighted by Gasteiger charge is 2.32. The third kappa shape index (κ3) is 4.51. The molecule has 1 aromatic heterocycles. The van der Waals surface area contributed by atoms with Gasteiger partial charge in [-0.05, 0) is 39.2 Å². The molecule has 0 bridgehead atoms. The smallest absolute Gasteiger partial charge is 0.174 e. The third-order valence-electron chi connectivity index (χ3n) is 6.08. The summed E-state index contributed by atoms with van der Waals surface area (Å²) in [6, 6.07) is 28.7. The second-order valence-electron chi connectivity index (χ2n) is 8.03. The molecule has 0 spiro atoms. The molecule has 0 amide bonds. The van der Waals surface area contributed by atoms with Crippen LogP contribution in [0.2, 0.25) is 0 Å². The maximum atomic E-state index is 5.64. The van der Waals surface area contributed by atoms with E-state index in [-0.39, 0.29) is 12.1 Å². The van der Waals surface area contributed by atoms with Crippen LogP contribution in [-0.2, 0) is 4.74 Å². The Bertz CT molecular complexity index is 1100. The van der Waals surface area contributed by atoms with E-state index in [4.69, 9.17) is 9.47 Å². The quantitative estimate of drug-likeness (QED) is 0.435. The zero-order valence-electron chi connectivity index (χ0n) is 18.6.